The Hall–Kier alpha value is -3.00. The van der Waals surface area contributed by atoms with Gasteiger partial charge in [0.15, 0.2) is 12.4 Å². The van der Waals surface area contributed by atoms with Crippen molar-refractivity contribution in [2.24, 2.45) is 0 Å². The first-order valence-electron chi connectivity index (χ1n) is 7.24. The number of rotatable bonds is 5. The van der Waals surface area contributed by atoms with E-state index in [0.29, 0.717) is 17.3 Å². The number of ether oxygens (including phenoxy) is 1. The first-order chi connectivity index (χ1) is 12.0. The largest absolute Gasteiger partial charge is 0.467 e. The van der Waals surface area contributed by atoms with Gasteiger partial charge >= 0.3 is 0 Å². The molecule has 0 saturated carbocycles. The van der Waals surface area contributed by atoms with Crippen LogP contribution in [0.25, 0.3) is 5.82 Å². The molecule has 25 heavy (non-hydrogen) atoms. The highest BCUT2D eigenvalue weighted by Gasteiger charge is 2.09. The van der Waals surface area contributed by atoms with Gasteiger partial charge in [0.05, 0.1) is 5.02 Å². The Balaban J connectivity index is 1.65. The molecule has 3 aromatic rings. The maximum atomic E-state index is 13.1. The quantitative estimate of drug-likeness (QED) is 0.755. The second kappa shape index (κ2) is 7.27. The fraction of sp³-hybridized carbons (Fsp3) is 0.125. The molecule has 0 radical (unpaired) electrons. The predicted molar refractivity (Wildman–Crippen MR) is 89.4 cm³/mol. The Bertz CT molecular complexity index is 902. The fourth-order valence-electron chi connectivity index (χ4n) is 2.03. The Morgan fingerprint density at radius 1 is 1.36 bits per heavy atom. The normalized spacial score (nSPS) is 10.5. The molecular weight excluding hydrogens is 349 g/mol. The van der Waals surface area contributed by atoms with Gasteiger partial charge in [0.2, 0.25) is 5.88 Å². The molecular formula is C16H13ClFN5O2. The number of amides is 1. The number of aromatic nitrogens is 4. The molecule has 128 valence electrons. The lowest BCUT2D eigenvalue weighted by atomic mass is 10.3. The zero-order valence-electron chi connectivity index (χ0n) is 13.1. The number of hydrogen-bond donors (Lipinski definition) is 1. The first-order valence-corrected chi connectivity index (χ1v) is 7.62. The number of halogens is 2. The zero-order valence-corrected chi connectivity index (χ0v) is 13.9. The molecule has 0 saturated heterocycles. The number of nitrogens with zero attached hydrogens (tertiary/aromatic N) is 4. The van der Waals surface area contributed by atoms with Crippen molar-refractivity contribution < 1.29 is 13.9 Å². The van der Waals surface area contributed by atoms with E-state index in [1.54, 1.807) is 36.1 Å². The molecule has 1 amide bonds. The van der Waals surface area contributed by atoms with Crippen molar-refractivity contribution in [1.29, 1.82) is 0 Å². The van der Waals surface area contributed by atoms with Gasteiger partial charge in [0.1, 0.15) is 11.6 Å². The van der Waals surface area contributed by atoms with Gasteiger partial charge in [-0.2, -0.15) is 10.1 Å². The standard InChI is InChI=1S/C16H13ClFN5O2/c1-10-20-14(23-6-2-5-19-23)8-16(21-10)25-9-15(24)22-11-3-4-13(18)12(17)7-11/h2-8H,9H2,1H3,(H,22,24). The van der Waals surface area contributed by atoms with Crippen LogP contribution in [0.4, 0.5) is 10.1 Å². The number of anilines is 1. The molecule has 0 aliphatic carbocycles. The molecule has 2 aromatic heterocycles. The van der Waals surface area contributed by atoms with E-state index in [0.717, 1.165) is 0 Å². The lowest BCUT2D eigenvalue weighted by molar-refractivity contribution is -0.118. The van der Waals surface area contributed by atoms with Crippen LogP contribution >= 0.6 is 11.6 Å². The van der Waals surface area contributed by atoms with Gasteiger partial charge in [-0.15, -0.1) is 0 Å². The van der Waals surface area contributed by atoms with Crippen LogP contribution in [0.2, 0.25) is 5.02 Å². The summed E-state index contributed by atoms with van der Waals surface area (Å²) in [5.74, 6) is 0.260. The average Bonchev–Trinajstić information content (AvgIpc) is 3.10. The molecule has 0 aliphatic heterocycles. The smallest absolute Gasteiger partial charge is 0.262 e. The number of hydrogen-bond acceptors (Lipinski definition) is 5. The third kappa shape index (κ3) is 4.30. The van der Waals surface area contributed by atoms with Gasteiger partial charge in [0.25, 0.3) is 5.91 Å². The molecule has 9 heteroatoms. The Labute approximate surface area is 147 Å². The summed E-state index contributed by atoms with van der Waals surface area (Å²) in [4.78, 5) is 20.3. The van der Waals surface area contributed by atoms with Gasteiger partial charge in [-0.05, 0) is 31.2 Å². The summed E-state index contributed by atoms with van der Waals surface area (Å²) in [5.41, 5.74) is 0.371. The number of benzene rings is 1. The van der Waals surface area contributed by atoms with E-state index in [9.17, 15) is 9.18 Å². The van der Waals surface area contributed by atoms with Crippen LogP contribution < -0.4 is 10.1 Å². The summed E-state index contributed by atoms with van der Waals surface area (Å²) < 4.78 is 20.1. The third-order valence-electron chi connectivity index (χ3n) is 3.09. The van der Waals surface area contributed by atoms with Crippen molar-refractivity contribution in [3.63, 3.8) is 0 Å². The molecule has 3 rings (SSSR count). The van der Waals surface area contributed by atoms with Crippen LogP contribution in [0.1, 0.15) is 5.82 Å². The molecule has 0 spiro atoms. The third-order valence-corrected chi connectivity index (χ3v) is 3.38. The van der Waals surface area contributed by atoms with E-state index in [-0.39, 0.29) is 17.5 Å². The van der Waals surface area contributed by atoms with Crippen molar-refractivity contribution >= 4 is 23.2 Å². The van der Waals surface area contributed by atoms with E-state index in [1.165, 1.54) is 18.2 Å². The van der Waals surface area contributed by atoms with Crippen molar-refractivity contribution in [1.82, 2.24) is 19.7 Å². The number of aryl methyl sites for hydroxylation is 1. The maximum Gasteiger partial charge on any atom is 0.262 e. The highest BCUT2D eigenvalue weighted by atomic mass is 35.5. The summed E-state index contributed by atoms with van der Waals surface area (Å²) >= 11 is 5.67. The van der Waals surface area contributed by atoms with Crippen molar-refractivity contribution in [2.45, 2.75) is 6.92 Å². The van der Waals surface area contributed by atoms with E-state index >= 15 is 0 Å². The summed E-state index contributed by atoms with van der Waals surface area (Å²) in [5, 5.41) is 6.57. The fourth-order valence-corrected chi connectivity index (χ4v) is 2.21. The Morgan fingerprint density at radius 3 is 2.92 bits per heavy atom. The van der Waals surface area contributed by atoms with Crippen LogP contribution in [-0.2, 0) is 4.79 Å². The Morgan fingerprint density at radius 2 is 2.20 bits per heavy atom. The minimum Gasteiger partial charge on any atom is -0.467 e. The lowest BCUT2D eigenvalue weighted by Gasteiger charge is -2.09. The van der Waals surface area contributed by atoms with Crippen LogP contribution in [0.15, 0.2) is 42.7 Å². The summed E-state index contributed by atoms with van der Waals surface area (Å²) in [6, 6.07) is 7.23. The average molecular weight is 362 g/mol. The summed E-state index contributed by atoms with van der Waals surface area (Å²) in [6.45, 7) is 1.43. The monoisotopic (exact) mass is 361 g/mol. The van der Waals surface area contributed by atoms with E-state index < -0.39 is 11.7 Å². The lowest BCUT2D eigenvalue weighted by Crippen LogP contribution is -2.20. The SMILES string of the molecule is Cc1nc(OCC(=O)Nc2ccc(F)c(Cl)c2)cc(-n2cccn2)n1. The molecule has 7 nitrogen and oxygen atoms in total. The minimum absolute atomic E-state index is 0.0750. The van der Waals surface area contributed by atoms with E-state index in [1.807, 2.05) is 0 Å². The second-order valence-corrected chi connectivity index (χ2v) is 5.44. The van der Waals surface area contributed by atoms with Gasteiger partial charge in [-0.1, -0.05) is 11.6 Å². The molecule has 0 unspecified atom stereocenters. The maximum absolute atomic E-state index is 13.1. The van der Waals surface area contributed by atoms with Gasteiger partial charge < -0.3 is 10.1 Å². The molecule has 0 bridgehead atoms. The molecule has 1 aromatic carbocycles. The van der Waals surface area contributed by atoms with Crippen LogP contribution in [0.3, 0.4) is 0 Å². The highest BCUT2D eigenvalue weighted by molar-refractivity contribution is 6.31. The van der Waals surface area contributed by atoms with E-state index in [2.05, 4.69) is 20.4 Å². The zero-order chi connectivity index (χ0) is 17.8. The number of nitrogens with one attached hydrogen (secondary N) is 1. The van der Waals surface area contributed by atoms with Crippen LogP contribution in [-0.4, -0.2) is 32.3 Å². The molecule has 0 atom stereocenters. The van der Waals surface area contributed by atoms with E-state index in [4.69, 9.17) is 16.3 Å². The number of carbonyl (C=O) groups excluding carboxylic acids is 1. The molecule has 0 fully saturated rings. The Kier molecular flexibility index (Phi) is 4.90. The summed E-state index contributed by atoms with van der Waals surface area (Å²) in [7, 11) is 0. The topological polar surface area (TPSA) is 81.9 Å². The van der Waals surface area contributed by atoms with Gasteiger partial charge in [-0.3, -0.25) is 4.79 Å². The van der Waals surface area contributed by atoms with Crippen LogP contribution in [0.5, 0.6) is 5.88 Å². The van der Waals surface area contributed by atoms with Gasteiger partial charge in [0, 0.05) is 24.1 Å². The predicted octanol–water partition coefficient (Wildman–Crippen LogP) is 2.78. The van der Waals surface area contributed by atoms with Crippen molar-refractivity contribution in [3.05, 3.63) is 59.4 Å². The number of carbonyl (C=O) groups is 1. The van der Waals surface area contributed by atoms with Gasteiger partial charge in [-0.25, -0.2) is 14.1 Å². The minimum atomic E-state index is -0.557. The summed E-state index contributed by atoms with van der Waals surface area (Å²) in [6.07, 6.45) is 3.36. The molecule has 2 heterocycles. The molecule has 1 N–H and O–H groups in total. The van der Waals surface area contributed by atoms with Crippen molar-refractivity contribution in [3.8, 4) is 11.7 Å². The molecule has 0 aliphatic rings. The highest BCUT2D eigenvalue weighted by Crippen LogP contribution is 2.19. The van der Waals surface area contributed by atoms with Crippen molar-refractivity contribution in [2.75, 3.05) is 11.9 Å². The van der Waals surface area contributed by atoms with Crippen LogP contribution in [0, 0.1) is 12.7 Å². The second-order valence-electron chi connectivity index (χ2n) is 5.03. The first kappa shape index (κ1) is 16.8.